The van der Waals surface area contributed by atoms with Crippen LogP contribution in [0.25, 0.3) is 0 Å². The van der Waals surface area contributed by atoms with E-state index in [9.17, 15) is 5.11 Å². The van der Waals surface area contributed by atoms with Gasteiger partial charge in [-0.15, -0.1) is 6.58 Å². The maximum Gasteiger partial charge on any atom is 0.119 e. The molecular formula is C15H24O3. The Hall–Kier alpha value is -1.32. The molecule has 0 spiro atoms. The minimum atomic E-state index is 0.349. The third kappa shape index (κ3) is 11.2. The van der Waals surface area contributed by atoms with Gasteiger partial charge in [-0.1, -0.05) is 24.3 Å². The van der Waals surface area contributed by atoms with Crippen LogP contribution in [-0.2, 0) is 15.9 Å². The number of hydrogen-bond donors (Lipinski definition) is 1. The highest BCUT2D eigenvalue weighted by molar-refractivity contribution is 5.32. The van der Waals surface area contributed by atoms with Gasteiger partial charge in [-0.2, -0.15) is 0 Å². The van der Waals surface area contributed by atoms with Crippen molar-refractivity contribution in [2.45, 2.75) is 20.3 Å². The molecule has 0 amide bonds. The summed E-state index contributed by atoms with van der Waals surface area (Å²) in [7, 11) is 0. The minimum absolute atomic E-state index is 0.349. The van der Waals surface area contributed by atoms with Gasteiger partial charge in [-0.25, -0.2) is 0 Å². The van der Waals surface area contributed by atoms with Gasteiger partial charge < -0.3 is 14.6 Å². The maximum atomic E-state index is 9.19. The average molecular weight is 252 g/mol. The monoisotopic (exact) mass is 252 g/mol. The van der Waals surface area contributed by atoms with E-state index in [-0.39, 0.29) is 0 Å². The van der Waals surface area contributed by atoms with Crippen molar-refractivity contribution in [1.29, 1.82) is 0 Å². The normalized spacial score (nSPS) is 11.4. The van der Waals surface area contributed by atoms with Crippen molar-refractivity contribution in [3.63, 3.8) is 0 Å². The summed E-state index contributed by atoms with van der Waals surface area (Å²) in [6.07, 6.45) is 2.50. The molecule has 1 aromatic rings. The lowest BCUT2D eigenvalue weighted by molar-refractivity contribution is 0.162. The summed E-state index contributed by atoms with van der Waals surface area (Å²) >= 11 is 0. The topological polar surface area (TPSA) is 42.0 Å². The molecule has 18 heavy (non-hydrogen) atoms. The molecule has 1 saturated heterocycles. The van der Waals surface area contributed by atoms with Crippen molar-refractivity contribution in [2.75, 3.05) is 26.4 Å². The summed E-state index contributed by atoms with van der Waals surface area (Å²) < 4.78 is 9.33. The van der Waals surface area contributed by atoms with Crippen molar-refractivity contribution < 1.29 is 14.6 Å². The lowest BCUT2D eigenvalue weighted by Crippen LogP contribution is -1.84. The van der Waals surface area contributed by atoms with E-state index in [0.29, 0.717) is 5.75 Å². The van der Waals surface area contributed by atoms with Crippen LogP contribution in [0.4, 0.5) is 0 Å². The number of phenolic OH excluding ortho intramolecular Hbond substituents is 1. The van der Waals surface area contributed by atoms with Gasteiger partial charge in [-0.3, -0.25) is 0 Å². The molecule has 3 heteroatoms. The fourth-order valence-corrected chi connectivity index (χ4v) is 1.04. The number of allylic oxidation sites excluding steroid dienone is 1. The zero-order chi connectivity index (χ0) is 13.6. The summed E-state index contributed by atoms with van der Waals surface area (Å²) in [4.78, 5) is 0. The first-order chi connectivity index (χ1) is 8.76. The number of aromatic hydroxyl groups is 1. The van der Waals surface area contributed by atoms with Crippen molar-refractivity contribution in [2.24, 2.45) is 0 Å². The summed E-state index contributed by atoms with van der Waals surface area (Å²) in [5.41, 5.74) is 0.928. The van der Waals surface area contributed by atoms with Gasteiger partial charge in [-0.05, 0) is 31.9 Å². The van der Waals surface area contributed by atoms with E-state index in [4.69, 9.17) is 4.74 Å². The zero-order valence-corrected chi connectivity index (χ0v) is 11.4. The first kappa shape index (κ1) is 16.7. The molecule has 0 aromatic heterocycles. The van der Waals surface area contributed by atoms with Crippen molar-refractivity contribution in [3.8, 4) is 5.75 Å². The van der Waals surface area contributed by atoms with Crippen LogP contribution in [0.15, 0.2) is 36.9 Å². The SMILES string of the molecule is C1CO1.C=CCc1ccccc1O.CCOCC. The summed E-state index contributed by atoms with van der Waals surface area (Å²) in [5.74, 6) is 0.349. The van der Waals surface area contributed by atoms with Crippen LogP contribution in [0.1, 0.15) is 19.4 Å². The van der Waals surface area contributed by atoms with E-state index < -0.39 is 0 Å². The van der Waals surface area contributed by atoms with E-state index in [1.165, 1.54) is 0 Å². The Kier molecular flexibility index (Phi) is 11.3. The van der Waals surface area contributed by atoms with E-state index in [1.54, 1.807) is 12.1 Å². The van der Waals surface area contributed by atoms with Crippen LogP contribution >= 0.6 is 0 Å². The second-order valence-corrected chi connectivity index (χ2v) is 3.52. The number of rotatable bonds is 4. The van der Waals surface area contributed by atoms with Gasteiger partial charge in [0.2, 0.25) is 0 Å². The number of phenols is 1. The molecule has 0 aliphatic carbocycles. The highest BCUT2D eigenvalue weighted by Crippen LogP contribution is 2.15. The molecule has 0 saturated carbocycles. The van der Waals surface area contributed by atoms with Gasteiger partial charge in [0.1, 0.15) is 5.75 Å². The Morgan fingerprint density at radius 1 is 1.28 bits per heavy atom. The quantitative estimate of drug-likeness (QED) is 0.661. The van der Waals surface area contributed by atoms with E-state index in [1.807, 2.05) is 32.0 Å². The van der Waals surface area contributed by atoms with Crippen LogP contribution in [0.2, 0.25) is 0 Å². The van der Waals surface area contributed by atoms with Gasteiger partial charge in [0.15, 0.2) is 0 Å². The average Bonchev–Trinajstić information content (AvgIpc) is 3.22. The molecule has 102 valence electrons. The Labute approximate surface area is 110 Å². The fourth-order valence-electron chi connectivity index (χ4n) is 1.04. The van der Waals surface area contributed by atoms with E-state index in [2.05, 4.69) is 11.3 Å². The number of epoxide rings is 1. The first-order valence-electron chi connectivity index (χ1n) is 6.29. The standard InChI is InChI=1S/C9H10O.C4H10O.C2H4O/c1-2-5-8-6-3-4-7-9(8)10;1-3-5-4-2;1-2-3-1/h2-4,6-7,10H,1,5H2;3-4H2,1-2H3;1-2H2. The molecule has 1 aromatic carbocycles. The molecule has 1 aliphatic rings. The Morgan fingerprint density at radius 3 is 2.17 bits per heavy atom. The first-order valence-corrected chi connectivity index (χ1v) is 6.29. The Balaban J connectivity index is 0.000000299. The molecule has 1 aliphatic heterocycles. The molecule has 0 atom stereocenters. The van der Waals surface area contributed by atoms with Crippen LogP contribution in [-0.4, -0.2) is 31.5 Å². The summed E-state index contributed by atoms with van der Waals surface area (Å²) in [5, 5.41) is 9.19. The molecule has 1 fully saturated rings. The number of ether oxygens (including phenoxy) is 2. The van der Waals surface area contributed by atoms with Crippen molar-refractivity contribution in [1.82, 2.24) is 0 Å². The number of benzene rings is 1. The smallest absolute Gasteiger partial charge is 0.119 e. The van der Waals surface area contributed by atoms with Crippen LogP contribution in [0.3, 0.4) is 0 Å². The number of para-hydroxylation sites is 1. The lowest BCUT2D eigenvalue weighted by Gasteiger charge is -1.97. The van der Waals surface area contributed by atoms with E-state index >= 15 is 0 Å². The van der Waals surface area contributed by atoms with Crippen LogP contribution < -0.4 is 0 Å². The second-order valence-electron chi connectivity index (χ2n) is 3.52. The van der Waals surface area contributed by atoms with Crippen LogP contribution in [0.5, 0.6) is 5.75 Å². The lowest BCUT2D eigenvalue weighted by atomic mass is 10.1. The summed E-state index contributed by atoms with van der Waals surface area (Å²) in [6.45, 7) is 11.3. The molecular weight excluding hydrogens is 228 g/mol. The predicted molar refractivity (Wildman–Crippen MR) is 75.0 cm³/mol. The predicted octanol–water partition coefficient (Wildman–Crippen LogP) is 3.18. The molecule has 2 rings (SSSR count). The minimum Gasteiger partial charge on any atom is -0.508 e. The second kappa shape index (κ2) is 12.1. The maximum absolute atomic E-state index is 9.19. The zero-order valence-electron chi connectivity index (χ0n) is 11.4. The molecule has 3 nitrogen and oxygen atoms in total. The van der Waals surface area contributed by atoms with Gasteiger partial charge >= 0.3 is 0 Å². The van der Waals surface area contributed by atoms with Gasteiger partial charge in [0, 0.05) is 13.2 Å². The molecule has 1 N–H and O–H groups in total. The fraction of sp³-hybridized carbons (Fsp3) is 0.467. The van der Waals surface area contributed by atoms with Gasteiger partial charge in [0.25, 0.3) is 0 Å². The van der Waals surface area contributed by atoms with Crippen LogP contribution in [0, 0.1) is 0 Å². The number of hydrogen-bond acceptors (Lipinski definition) is 3. The largest absolute Gasteiger partial charge is 0.508 e. The molecule has 0 bridgehead atoms. The van der Waals surface area contributed by atoms with E-state index in [0.717, 1.165) is 38.4 Å². The highest BCUT2D eigenvalue weighted by Gasteiger charge is 1.94. The molecule has 0 radical (unpaired) electrons. The van der Waals surface area contributed by atoms with Crippen molar-refractivity contribution >= 4 is 0 Å². The molecule has 0 unspecified atom stereocenters. The Bertz CT molecular complexity index is 304. The highest BCUT2D eigenvalue weighted by atomic mass is 16.6. The van der Waals surface area contributed by atoms with Crippen molar-refractivity contribution in [3.05, 3.63) is 42.5 Å². The summed E-state index contributed by atoms with van der Waals surface area (Å²) in [6, 6.07) is 7.27. The van der Waals surface area contributed by atoms with Gasteiger partial charge in [0.05, 0.1) is 13.2 Å². The third-order valence-electron chi connectivity index (χ3n) is 1.97. The third-order valence-corrected chi connectivity index (χ3v) is 1.97. The Morgan fingerprint density at radius 2 is 1.83 bits per heavy atom. The molecule has 1 heterocycles.